The van der Waals surface area contributed by atoms with Crippen molar-refractivity contribution >= 4 is 5.91 Å². The second-order valence-electron chi connectivity index (χ2n) is 3.83. The fourth-order valence-electron chi connectivity index (χ4n) is 1.72. The molecule has 0 spiro atoms. The number of amides is 1. The molecule has 3 heteroatoms. The normalized spacial score (nSPS) is 14.9. The summed E-state index contributed by atoms with van der Waals surface area (Å²) in [6.45, 7) is 7.03. The molecule has 2 unspecified atom stereocenters. The lowest BCUT2D eigenvalue weighted by atomic mass is 9.95. The highest BCUT2D eigenvalue weighted by molar-refractivity contribution is 5.77. The molecule has 0 aliphatic rings. The van der Waals surface area contributed by atoms with Crippen LogP contribution in [0.5, 0.6) is 0 Å². The maximum Gasteiger partial charge on any atom is 0.233 e. The SMILES string of the molecule is CCCC(C)C(CC)NCC(=O)NC. The second kappa shape index (κ2) is 7.80. The van der Waals surface area contributed by atoms with E-state index in [1.807, 2.05) is 0 Å². The molecule has 0 saturated heterocycles. The first kappa shape index (κ1) is 13.4. The van der Waals surface area contributed by atoms with Gasteiger partial charge in [0.2, 0.25) is 5.91 Å². The van der Waals surface area contributed by atoms with Crippen LogP contribution in [0.4, 0.5) is 0 Å². The first-order chi connectivity index (χ1) is 6.65. The molecule has 2 N–H and O–H groups in total. The van der Waals surface area contributed by atoms with E-state index in [1.165, 1.54) is 12.8 Å². The molecule has 84 valence electrons. The lowest BCUT2D eigenvalue weighted by molar-refractivity contribution is -0.119. The van der Waals surface area contributed by atoms with Crippen LogP contribution in [-0.4, -0.2) is 25.5 Å². The van der Waals surface area contributed by atoms with E-state index in [4.69, 9.17) is 0 Å². The maximum atomic E-state index is 11.0. The molecule has 0 aliphatic heterocycles. The van der Waals surface area contributed by atoms with Crippen LogP contribution in [-0.2, 0) is 4.79 Å². The Morgan fingerprint density at radius 3 is 2.43 bits per heavy atom. The fourth-order valence-corrected chi connectivity index (χ4v) is 1.72. The zero-order valence-electron chi connectivity index (χ0n) is 9.89. The van der Waals surface area contributed by atoms with Gasteiger partial charge in [-0.05, 0) is 18.8 Å². The third kappa shape index (κ3) is 5.22. The van der Waals surface area contributed by atoms with E-state index in [-0.39, 0.29) is 5.91 Å². The Balaban J connectivity index is 3.83. The molecular formula is C11H24N2O. The monoisotopic (exact) mass is 200 g/mol. The van der Waals surface area contributed by atoms with Crippen molar-refractivity contribution in [3.8, 4) is 0 Å². The number of likely N-dealkylation sites (N-methyl/N-ethyl adjacent to an activating group) is 1. The van der Waals surface area contributed by atoms with Gasteiger partial charge in [0.15, 0.2) is 0 Å². The van der Waals surface area contributed by atoms with E-state index in [2.05, 4.69) is 31.4 Å². The number of hydrogen-bond donors (Lipinski definition) is 2. The van der Waals surface area contributed by atoms with Crippen molar-refractivity contribution in [2.24, 2.45) is 5.92 Å². The molecule has 0 aromatic heterocycles. The van der Waals surface area contributed by atoms with Crippen molar-refractivity contribution in [1.29, 1.82) is 0 Å². The summed E-state index contributed by atoms with van der Waals surface area (Å²) in [5.41, 5.74) is 0. The molecule has 2 atom stereocenters. The quantitative estimate of drug-likeness (QED) is 0.654. The molecule has 1 amide bonds. The van der Waals surface area contributed by atoms with Crippen LogP contribution in [0.3, 0.4) is 0 Å². The molecule has 0 rings (SSSR count). The number of hydrogen-bond acceptors (Lipinski definition) is 2. The highest BCUT2D eigenvalue weighted by Gasteiger charge is 2.14. The first-order valence-corrected chi connectivity index (χ1v) is 5.59. The van der Waals surface area contributed by atoms with Gasteiger partial charge in [0.25, 0.3) is 0 Å². The van der Waals surface area contributed by atoms with E-state index in [0.29, 0.717) is 18.5 Å². The van der Waals surface area contributed by atoms with Crippen molar-refractivity contribution in [3.05, 3.63) is 0 Å². The van der Waals surface area contributed by atoms with Gasteiger partial charge in [-0.25, -0.2) is 0 Å². The maximum absolute atomic E-state index is 11.0. The summed E-state index contributed by atoms with van der Waals surface area (Å²) >= 11 is 0. The van der Waals surface area contributed by atoms with Gasteiger partial charge in [0.05, 0.1) is 6.54 Å². The molecule has 0 aromatic carbocycles. The van der Waals surface area contributed by atoms with Crippen LogP contribution in [0.25, 0.3) is 0 Å². The van der Waals surface area contributed by atoms with Gasteiger partial charge in [-0.3, -0.25) is 4.79 Å². The Morgan fingerprint density at radius 1 is 1.36 bits per heavy atom. The molecule has 0 aliphatic carbocycles. The number of nitrogens with one attached hydrogen (secondary N) is 2. The van der Waals surface area contributed by atoms with Gasteiger partial charge in [-0.1, -0.05) is 27.2 Å². The zero-order chi connectivity index (χ0) is 11.0. The minimum absolute atomic E-state index is 0.0622. The molecular weight excluding hydrogens is 176 g/mol. The van der Waals surface area contributed by atoms with Crippen molar-refractivity contribution in [3.63, 3.8) is 0 Å². The van der Waals surface area contributed by atoms with Gasteiger partial charge in [0, 0.05) is 13.1 Å². The Bertz CT molecular complexity index is 159. The number of carbonyl (C=O) groups excluding carboxylic acids is 1. The van der Waals surface area contributed by atoms with Crippen LogP contribution >= 0.6 is 0 Å². The Labute approximate surface area is 87.6 Å². The summed E-state index contributed by atoms with van der Waals surface area (Å²) in [4.78, 5) is 11.0. The third-order valence-electron chi connectivity index (χ3n) is 2.67. The lowest BCUT2D eigenvalue weighted by Gasteiger charge is -2.23. The average molecular weight is 200 g/mol. The predicted octanol–water partition coefficient (Wildman–Crippen LogP) is 1.54. The minimum Gasteiger partial charge on any atom is -0.358 e. The Kier molecular flexibility index (Phi) is 7.48. The predicted molar refractivity (Wildman–Crippen MR) is 60.2 cm³/mol. The van der Waals surface area contributed by atoms with Gasteiger partial charge < -0.3 is 10.6 Å². The lowest BCUT2D eigenvalue weighted by Crippen LogP contribution is -2.40. The highest BCUT2D eigenvalue weighted by Crippen LogP contribution is 2.12. The van der Waals surface area contributed by atoms with Crippen molar-refractivity contribution in [1.82, 2.24) is 10.6 Å². The molecule has 0 bridgehead atoms. The van der Waals surface area contributed by atoms with Gasteiger partial charge in [-0.2, -0.15) is 0 Å². The van der Waals surface area contributed by atoms with E-state index in [9.17, 15) is 4.79 Å². The molecule has 0 saturated carbocycles. The van der Waals surface area contributed by atoms with Gasteiger partial charge >= 0.3 is 0 Å². The fraction of sp³-hybridized carbons (Fsp3) is 0.909. The van der Waals surface area contributed by atoms with E-state index >= 15 is 0 Å². The van der Waals surface area contributed by atoms with E-state index in [1.54, 1.807) is 7.05 Å². The van der Waals surface area contributed by atoms with Crippen LogP contribution in [0, 0.1) is 5.92 Å². The van der Waals surface area contributed by atoms with Gasteiger partial charge in [-0.15, -0.1) is 0 Å². The molecule has 0 fully saturated rings. The summed E-state index contributed by atoms with van der Waals surface area (Å²) in [6.07, 6.45) is 3.51. The van der Waals surface area contributed by atoms with Crippen molar-refractivity contribution < 1.29 is 4.79 Å². The standard InChI is InChI=1S/C11H24N2O/c1-5-7-9(3)10(6-2)13-8-11(14)12-4/h9-10,13H,5-8H2,1-4H3,(H,12,14). The number of rotatable bonds is 7. The van der Waals surface area contributed by atoms with E-state index < -0.39 is 0 Å². The van der Waals surface area contributed by atoms with Crippen molar-refractivity contribution in [2.75, 3.05) is 13.6 Å². The molecule has 0 aromatic rings. The van der Waals surface area contributed by atoms with E-state index in [0.717, 1.165) is 6.42 Å². The average Bonchev–Trinajstić information content (AvgIpc) is 2.18. The molecule has 14 heavy (non-hydrogen) atoms. The van der Waals surface area contributed by atoms with Gasteiger partial charge in [0.1, 0.15) is 0 Å². The van der Waals surface area contributed by atoms with Crippen LogP contribution in [0.1, 0.15) is 40.0 Å². The van der Waals surface area contributed by atoms with Crippen LogP contribution in [0.15, 0.2) is 0 Å². The summed E-state index contributed by atoms with van der Waals surface area (Å²) in [6, 6.07) is 0.465. The number of carbonyl (C=O) groups is 1. The topological polar surface area (TPSA) is 41.1 Å². The summed E-state index contributed by atoms with van der Waals surface area (Å²) in [5, 5.41) is 5.91. The molecule has 0 heterocycles. The smallest absolute Gasteiger partial charge is 0.233 e. The summed E-state index contributed by atoms with van der Waals surface area (Å²) in [5.74, 6) is 0.710. The van der Waals surface area contributed by atoms with Crippen molar-refractivity contribution in [2.45, 2.75) is 46.1 Å². The Morgan fingerprint density at radius 2 is 2.00 bits per heavy atom. The molecule has 3 nitrogen and oxygen atoms in total. The first-order valence-electron chi connectivity index (χ1n) is 5.59. The second-order valence-corrected chi connectivity index (χ2v) is 3.83. The summed E-state index contributed by atoms with van der Waals surface area (Å²) in [7, 11) is 1.67. The van der Waals surface area contributed by atoms with Crippen LogP contribution in [0.2, 0.25) is 0 Å². The zero-order valence-corrected chi connectivity index (χ0v) is 9.89. The highest BCUT2D eigenvalue weighted by atomic mass is 16.1. The Hall–Kier alpha value is -0.570. The summed E-state index contributed by atoms with van der Waals surface area (Å²) < 4.78 is 0. The largest absolute Gasteiger partial charge is 0.358 e. The minimum atomic E-state index is 0.0622. The third-order valence-corrected chi connectivity index (χ3v) is 2.67. The molecule has 0 radical (unpaired) electrons. The van der Waals surface area contributed by atoms with Crippen LogP contribution < -0.4 is 10.6 Å².